The Labute approximate surface area is 122 Å². The van der Waals surface area contributed by atoms with Crippen LogP contribution < -0.4 is 0 Å². The molecule has 0 nitrogen and oxygen atoms in total. The number of benzene rings is 2. The van der Waals surface area contributed by atoms with Crippen LogP contribution in [0.5, 0.6) is 0 Å². The summed E-state index contributed by atoms with van der Waals surface area (Å²) < 4.78 is 0. The van der Waals surface area contributed by atoms with Gasteiger partial charge >= 0.3 is 0 Å². The molecule has 0 N–H and O–H groups in total. The molecule has 0 spiro atoms. The first-order valence-electron chi connectivity index (χ1n) is 5.03. The van der Waals surface area contributed by atoms with E-state index in [1.165, 1.54) is 11.1 Å². The standard InChI is InChI=1S/C13H12.C2H4.U/c1-3-7-12(8-4-1)11-13-9-5-2-6-10-13;1-2;/h1-10H,11H2;1-2H2;. The van der Waals surface area contributed by atoms with E-state index in [9.17, 15) is 0 Å². The SMILES string of the molecule is C=C.[U].c1ccc(Cc2ccccc2)cc1. The summed E-state index contributed by atoms with van der Waals surface area (Å²) in [6.45, 7) is 6.00. The molecule has 0 aliphatic carbocycles. The van der Waals surface area contributed by atoms with Gasteiger partial charge in [-0.1, -0.05) is 60.7 Å². The maximum atomic E-state index is 3.00. The van der Waals surface area contributed by atoms with Crippen LogP contribution in [0.2, 0.25) is 0 Å². The minimum absolute atomic E-state index is 0. The Bertz CT molecular complexity index is 330. The fourth-order valence-electron chi connectivity index (χ4n) is 1.43. The van der Waals surface area contributed by atoms with Crippen LogP contribution >= 0.6 is 0 Å². The molecule has 2 aromatic carbocycles. The van der Waals surface area contributed by atoms with Crippen molar-refractivity contribution in [3.8, 4) is 0 Å². The molecular weight excluding hydrogens is 418 g/mol. The molecule has 0 radical (unpaired) electrons. The quantitative estimate of drug-likeness (QED) is 0.625. The van der Waals surface area contributed by atoms with Gasteiger partial charge in [0, 0.05) is 31.1 Å². The fraction of sp³-hybridized carbons (Fsp3) is 0.0667. The number of rotatable bonds is 2. The molecule has 16 heavy (non-hydrogen) atoms. The summed E-state index contributed by atoms with van der Waals surface area (Å²) in [5.41, 5.74) is 2.74. The van der Waals surface area contributed by atoms with Gasteiger partial charge in [0.15, 0.2) is 0 Å². The first-order valence-corrected chi connectivity index (χ1v) is 5.03. The van der Waals surface area contributed by atoms with Gasteiger partial charge in [0.05, 0.1) is 0 Å². The molecule has 0 atom stereocenters. The Balaban J connectivity index is 0.000000711. The third kappa shape index (κ3) is 5.35. The van der Waals surface area contributed by atoms with Crippen LogP contribution in [0.4, 0.5) is 0 Å². The Kier molecular flexibility index (Phi) is 9.00. The molecule has 0 heterocycles. The van der Waals surface area contributed by atoms with Crippen molar-refractivity contribution in [1.82, 2.24) is 0 Å². The average molecular weight is 434 g/mol. The number of hydrogen-bond acceptors (Lipinski definition) is 0. The second kappa shape index (κ2) is 9.46. The van der Waals surface area contributed by atoms with Crippen LogP contribution in [0, 0.1) is 31.1 Å². The Morgan fingerprint density at radius 3 is 1.25 bits per heavy atom. The zero-order valence-corrected chi connectivity index (χ0v) is 13.6. The minimum Gasteiger partial charge on any atom is -0.106 e. The summed E-state index contributed by atoms with van der Waals surface area (Å²) in [5.74, 6) is 0. The summed E-state index contributed by atoms with van der Waals surface area (Å²) in [4.78, 5) is 0. The fourth-order valence-corrected chi connectivity index (χ4v) is 1.43. The molecule has 0 saturated carbocycles. The van der Waals surface area contributed by atoms with Crippen molar-refractivity contribution in [2.24, 2.45) is 0 Å². The van der Waals surface area contributed by atoms with Crippen LogP contribution in [-0.4, -0.2) is 0 Å². The van der Waals surface area contributed by atoms with E-state index in [1.54, 1.807) is 0 Å². The van der Waals surface area contributed by atoms with Gasteiger partial charge in [0.25, 0.3) is 0 Å². The van der Waals surface area contributed by atoms with E-state index in [0.717, 1.165) is 6.42 Å². The van der Waals surface area contributed by atoms with Crippen LogP contribution in [-0.2, 0) is 6.42 Å². The molecule has 0 fully saturated rings. The molecular formula is C15H16U. The Morgan fingerprint density at radius 1 is 0.625 bits per heavy atom. The molecule has 0 saturated heterocycles. The molecule has 0 amide bonds. The van der Waals surface area contributed by atoms with Gasteiger partial charge in [0.1, 0.15) is 0 Å². The first-order chi connectivity index (χ1) is 7.45. The second-order valence-electron chi connectivity index (χ2n) is 3.15. The molecule has 0 bridgehead atoms. The van der Waals surface area contributed by atoms with E-state index >= 15 is 0 Å². The normalized spacial score (nSPS) is 8.25. The summed E-state index contributed by atoms with van der Waals surface area (Å²) in [6.07, 6.45) is 1.03. The first kappa shape index (κ1) is 15.2. The van der Waals surface area contributed by atoms with E-state index in [2.05, 4.69) is 73.8 Å². The summed E-state index contributed by atoms with van der Waals surface area (Å²) in [7, 11) is 0. The van der Waals surface area contributed by atoms with Crippen molar-refractivity contribution in [2.45, 2.75) is 6.42 Å². The Morgan fingerprint density at radius 2 is 0.938 bits per heavy atom. The summed E-state index contributed by atoms with van der Waals surface area (Å²) in [6, 6.07) is 21.1. The van der Waals surface area contributed by atoms with Crippen molar-refractivity contribution in [3.63, 3.8) is 0 Å². The smallest absolute Gasteiger partial charge is 0 e. The predicted molar refractivity (Wildman–Crippen MR) is 66.9 cm³/mol. The van der Waals surface area contributed by atoms with Crippen LogP contribution in [0.3, 0.4) is 0 Å². The van der Waals surface area contributed by atoms with Gasteiger partial charge in [0.2, 0.25) is 0 Å². The zero-order chi connectivity index (χ0) is 10.9. The molecule has 2 aromatic rings. The largest absolute Gasteiger partial charge is 0.106 e. The molecule has 0 aliphatic heterocycles. The third-order valence-electron chi connectivity index (χ3n) is 2.09. The molecule has 2 rings (SSSR count). The molecule has 0 unspecified atom stereocenters. The third-order valence-corrected chi connectivity index (χ3v) is 2.09. The maximum absolute atomic E-state index is 3.00. The van der Waals surface area contributed by atoms with Crippen molar-refractivity contribution in [2.75, 3.05) is 0 Å². The molecule has 1 heteroatoms. The van der Waals surface area contributed by atoms with Gasteiger partial charge < -0.3 is 0 Å². The van der Waals surface area contributed by atoms with Crippen LogP contribution in [0.15, 0.2) is 73.8 Å². The van der Waals surface area contributed by atoms with Gasteiger partial charge in [-0.25, -0.2) is 0 Å². The molecule has 0 aliphatic rings. The number of hydrogen-bond donors (Lipinski definition) is 0. The maximum Gasteiger partial charge on any atom is 0 e. The predicted octanol–water partition coefficient (Wildman–Crippen LogP) is 4.08. The Hall–Kier alpha value is -0.768. The van der Waals surface area contributed by atoms with Crippen molar-refractivity contribution >= 4 is 0 Å². The topological polar surface area (TPSA) is 0 Å². The van der Waals surface area contributed by atoms with Crippen molar-refractivity contribution in [3.05, 3.63) is 84.9 Å². The van der Waals surface area contributed by atoms with Gasteiger partial charge in [-0.2, -0.15) is 0 Å². The van der Waals surface area contributed by atoms with E-state index in [0.29, 0.717) is 0 Å². The van der Waals surface area contributed by atoms with Gasteiger partial charge in [-0.3, -0.25) is 0 Å². The van der Waals surface area contributed by atoms with Crippen molar-refractivity contribution in [1.29, 1.82) is 0 Å². The monoisotopic (exact) mass is 434 g/mol. The van der Waals surface area contributed by atoms with E-state index in [-0.39, 0.29) is 31.1 Å². The summed E-state index contributed by atoms with van der Waals surface area (Å²) >= 11 is 0. The van der Waals surface area contributed by atoms with Gasteiger partial charge in [-0.05, 0) is 17.5 Å². The minimum atomic E-state index is 0. The van der Waals surface area contributed by atoms with Crippen molar-refractivity contribution < 1.29 is 31.1 Å². The molecule has 80 valence electrons. The molecule has 0 aromatic heterocycles. The summed E-state index contributed by atoms with van der Waals surface area (Å²) in [5, 5.41) is 0. The van der Waals surface area contributed by atoms with Crippen LogP contribution in [0.25, 0.3) is 0 Å². The van der Waals surface area contributed by atoms with Crippen LogP contribution in [0.1, 0.15) is 11.1 Å². The average Bonchev–Trinajstić information content (AvgIpc) is 2.34. The zero-order valence-electron chi connectivity index (χ0n) is 9.39. The van der Waals surface area contributed by atoms with E-state index < -0.39 is 0 Å². The van der Waals surface area contributed by atoms with Gasteiger partial charge in [-0.15, -0.1) is 13.2 Å². The second-order valence-corrected chi connectivity index (χ2v) is 3.15. The van der Waals surface area contributed by atoms with E-state index in [1.807, 2.05) is 0 Å². The van der Waals surface area contributed by atoms with E-state index in [4.69, 9.17) is 0 Å².